The molecule has 1 rings (SSSR count). The normalized spacial score (nSPS) is 12.1. The number of nitrogens with zero attached hydrogens (tertiary/aromatic N) is 1. The predicted molar refractivity (Wildman–Crippen MR) is 154 cm³/mol. The molecule has 244 valence electrons. The fourth-order valence-corrected chi connectivity index (χ4v) is 4.84. The number of aliphatic carboxylic acids is 1. The van der Waals surface area contributed by atoms with Gasteiger partial charge in [-0.05, 0) is 6.92 Å². The maximum Gasteiger partial charge on any atom is 0.305 e. The van der Waals surface area contributed by atoms with Gasteiger partial charge >= 0.3 is 5.97 Å². The van der Waals surface area contributed by atoms with E-state index in [0.717, 1.165) is 4.88 Å². The Morgan fingerprint density at radius 2 is 1.12 bits per heavy atom. The molecule has 0 saturated carbocycles. The summed E-state index contributed by atoms with van der Waals surface area (Å²) in [4.78, 5) is 26.4. The molecule has 17 heteroatoms. The number of rotatable bonds is 30. The molecule has 0 spiro atoms. The molecule has 15 nitrogen and oxygen atoms in total. The van der Waals surface area contributed by atoms with Gasteiger partial charge in [-0.2, -0.15) is 4.98 Å². The first kappa shape index (κ1) is 38.5. The average Bonchev–Trinajstić information content (AvgIpc) is 3.31. The monoisotopic (exact) mass is 643 g/mol. The van der Waals surface area contributed by atoms with Crippen molar-refractivity contribution >= 4 is 39.7 Å². The molecular weight excluding hydrogens is 598 g/mol. The van der Waals surface area contributed by atoms with E-state index in [9.17, 15) is 14.1 Å². The van der Waals surface area contributed by atoms with E-state index in [0.29, 0.717) is 116 Å². The summed E-state index contributed by atoms with van der Waals surface area (Å²) in [6.07, 6.45) is -0.00917. The lowest BCUT2D eigenvalue weighted by Crippen LogP contribution is -2.28. The number of nitrogens with one attached hydrogen (secondary N) is 2. The number of aromatic nitrogens is 1. The van der Waals surface area contributed by atoms with Crippen LogP contribution in [-0.4, -0.2) is 139 Å². The van der Waals surface area contributed by atoms with Gasteiger partial charge in [0.15, 0.2) is 5.13 Å². The number of carbonyl (C=O) groups excluding carboxylic acids is 1. The predicted octanol–water partition coefficient (Wildman–Crippen LogP) is 0.630. The van der Waals surface area contributed by atoms with Crippen LogP contribution in [-0.2, 0) is 58.8 Å². The molecule has 0 bridgehead atoms. The number of thiazole rings is 1. The van der Waals surface area contributed by atoms with Gasteiger partial charge in [0, 0.05) is 6.92 Å². The zero-order chi connectivity index (χ0) is 30.7. The van der Waals surface area contributed by atoms with Gasteiger partial charge in [-0.1, -0.05) is 11.3 Å². The lowest BCUT2D eigenvalue weighted by atomic mass is 10.5. The standard InChI is InChI=1S/C25H45N3O12S2/c1-21-24(28-25(41-21)27-22(2)29)42(32)26-4-6-34-8-10-36-12-14-38-16-18-40-20-19-39-17-15-37-13-11-35-9-7-33-5-3-23(30)31/h26H,3-20H2,1-2H3,(H,30,31)(H,27,28,29). The summed E-state index contributed by atoms with van der Waals surface area (Å²) < 4.78 is 58.1. The molecule has 1 unspecified atom stereocenters. The van der Waals surface area contributed by atoms with Crippen LogP contribution >= 0.6 is 11.3 Å². The molecule has 1 aromatic rings. The molecule has 3 N–H and O–H groups in total. The molecule has 0 saturated heterocycles. The third kappa shape index (κ3) is 23.0. The maximum atomic E-state index is 12.3. The second-order valence-corrected chi connectivity index (χ2v) is 10.7. The largest absolute Gasteiger partial charge is 0.592 e. The van der Waals surface area contributed by atoms with Crippen molar-refractivity contribution in [1.82, 2.24) is 9.71 Å². The number of amides is 1. The first-order valence-corrected chi connectivity index (χ1v) is 15.6. The van der Waals surface area contributed by atoms with Gasteiger partial charge in [0.25, 0.3) is 5.03 Å². The van der Waals surface area contributed by atoms with E-state index in [1.807, 2.05) is 0 Å². The highest BCUT2D eigenvalue weighted by molar-refractivity contribution is 7.89. The smallest absolute Gasteiger partial charge is 0.305 e. The Labute approximate surface area is 254 Å². The van der Waals surface area contributed by atoms with Crippen molar-refractivity contribution in [2.24, 2.45) is 0 Å². The Kier molecular flexibility index (Phi) is 24.9. The Balaban J connectivity index is 1.75. The minimum absolute atomic E-state index is 0.00917. The zero-order valence-electron chi connectivity index (χ0n) is 24.4. The number of ether oxygens (including phenoxy) is 8. The van der Waals surface area contributed by atoms with Crippen LogP contribution in [0.15, 0.2) is 5.03 Å². The lowest BCUT2D eigenvalue weighted by Gasteiger charge is -2.10. The number of carboxylic acids is 1. The van der Waals surface area contributed by atoms with Crippen LogP contribution in [0.5, 0.6) is 0 Å². The van der Waals surface area contributed by atoms with E-state index in [-0.39, 0.29) is 18.9 Å². The van der Waals surface area contributed by atoms with Crippen LogP contribution in [0, 0.1) is 6.92 Å². The Hall–Kier alpha value is -1.48. The van der Waals surface area contributed by atoms with Crippen LogP contribution in [0.3, 0.4) is 0 Å². The number of aryl methyl sites for hydroxylation is 1. The number of carboxylic acid groups (broad SMARTS) is 1. The molecule has 0 aliphatic heterocycles. The third-order valence-corrected chi connectivity index (χ3v) is 6.99. The Morgan fingerprint density at radius 3 is 1.50 bits per heavy atom. The van der Waals surface area contributed by atoms with Crippen LogP contribution in [0.4, 0.5) is 5.13 Å². The topological polar surface area (TPSA) is 188 Å². The Bertz CT molecular complexity index is 822. The molecule has 0 aromatic carbocycles. The fourth-order valence-electron chi connectivity index (χ4n) is 2.83. The highest BCUT2D eigenvalue weighted by Crippen LogP contribution is 2.25. The van der Waals surface area contributed by atoms with Crippen molar-refractivity contribution in [3.63, 3.8) is 0 Å². The van der Waals surface area contributed by atoms with Gasteiger partial charge in [0.1, 0.15) is 0 Å². The zero-order valence-corrected chi connectivity index (χ0v) is 26.1. The molecule has 42 heavy (non-hydrogen) atoms. The van der Waals surface area contributed by atoms with E-state index in [1.165, 1.54) is 18.3 Å². The summed E-state index contributed by atoms with van der Waals surface area (Å²) in [5.74, 6) is -1.10. The van der Waals surface area contributed by atoms with Gasteiger partial charge in [-0.15, -0.1) is 4.72 Å². The first-order chi connectivity index (χ1) is 20.4. The van der Waals surface area contributed by atoms with Crippen molar-refractivity contribution in [1.29, 1.82) is 0 Å². The summed E-state index contributed by atoms with van der Waals surface area (Å²) in [5, 5.41) is 11.9. The SMILES string of the molecule is CC(=O)Nc1nc([S+]([O-])NCCOCCOCCOCCOCCOCCOCCOCCOCCC(=O)O)c(C)s1. The lowest BCUT2D eigenvalue weighted by molar-refractivity contribution is -0.138. The minimum Gasteiger partial charge on any atom is -0.592 e. The second kappa shape index (κ2) is 27.1. The van der Waals surface area contributed by atoms with Crippen molar-refractivity contribution in [2.75, 3.05) is 118 Å². The van der Waals surface area contributed by atoms with Crippen LogP contribution in [0.25, 0.3) is 0 Å². The van der Waals surface area contributed by atoms with Gasteiger partial charge in [-0.25, -0.2) is 0 Å². The molecule has 0 radical (unpaired) electrons. The minimum atomic E-state index is -1.48. The number of hydrogen-bond donors (Lipinski definition) is 3. The molecule has 1 aromatic heterocycles. The summed E-state index contributed by atoms with van der Waals surface area (Å²) in [6, 6.07) is 0. The molecule has 0 aliphatic rings. The highest BCUT2D eigenvalue weighted by atomic mass is 32.2. The number of carbonyl (C=O) groups is 2. The quantitative estimate of drug-likeness (QED) is 0.0782. The second-order valence-electron chi connectivity index (χ2n) is 8.27. The van der Waals surface area contributed by atoms with Crippen molar-refractivity contribution in [3.05, 3.63) is 4.88 Å². The maximum absolute atomic E-state index is 12.3. The highest BCUT2D eigenvalue weighted by Gasteiger charge is 2.20. The molecule has 0 fully saturated rings. The van der Waals surface area contributed by atoms with Crippen molar-refractivity contribution in [3.8, 4) is 0 Å². The third-order valence-electron chi connectivity index (χ3n) is 4.76. The van der Waals surface area contributed by atoms with E-state index < -0.39 is 17.3 Å². The van der Waals surface area contributed by atoms with Gasteiger partial charge in [-0.3, -0.25) is 9.59 Å². The average molecular weight is 644 g/mol. The van der Waals surface area contributed by atoms with Crippen LogP contribution in [0.2, 0.25) is 0 Å². The summed E-state index contributed by atoms with van der Waals surface area (Å²) in [5.41, 5.74) is 0. The van der Waals surface area contributed by atoms with Crippen molar-refractivity contribution < 1.29 is 57.1 Å². The van der Waals surface area contributed by atoms with Crippen molar-refractivity contribution in [2.45, 2.75) is 25.3 Å². The number of hydrogen-bond acceptors (Lipinski definition) is 14. The summed E-state index contributed by atoms with van der Waals surface area (Å²) >= 11 is -0.203. The summed E-state index contributed by atoms with van der Waals surface area (Å²) in [7, 11) is 0. The molecule has 1 atom stereocenters. The van der Waals surface area contributed by atoms with E-state index >= 15 is 0 Å². The van der Waals surface area contributed by atoms with E-state index in [2.05, 4.69) is 15.0 Å². The van der Waals surface area contributed by atoms with E-state index in [1.54, 1.807) is 6.92 Å². The van der Waals surface area contributed by atoms with Crippen LogP contribution in [0.1, 0.15) is 18.2 Å². The fraction of sp³-hybridized carbons (Fsp3) is 0.800. The molecular formula is C25H45N3O12S2. The number of anilines is 1. The van der Waals surface area contributed by atoms with E-state index in [4.69, 9.17) is 43.0 Å². The van der Waals surface area contributed by atoms with Gasteiger partial charge in [0.05, 0.1) is 135 Å². The molecule has 0 aliphatic carbocycles. The molecule has 1 amide bonds. The molecule has 1 heterocycles. The van der Waals surface area contributed by atoms with Crippen LogP contribution < -0.4 is 10.0 Å². The first-order valence-electron chi connectivity index (χ1n) is 13.6. The van der Waals surface area contributed by atoms with Gasteiger partial charge in [0.2, 0.25) is 5.91 Å². The van der Waals surface area contributed by atoms with Gasteiger partial charge < -0.3 is 52.9 Å². The Morgan fingerprint density at radius 1 is 0.738 bits per heavy atom. The summed E-state index contributed by atoms with van der Waals surface area (Å²) in [6.45, 7) is 10.3.